The standard InChI is InChI=1S/C19H31NO/c1-5-20-17(15-10-6-7-11-15)14-21-18-13-9-8-12-16(18)19(2,3)4/h8-9,12-13,15,17,20H,5-7,10-11,14H2,1-4H3. The molecule has 118 valence electrons. The Morgan fingerprint density at radius 1 is 1.19 bits per heavy atom. The molecule has 1 fully saturated rings. The van der Waals surface area contributed by atoms with E-state index in [1.165, 1.54) is 31.2 Å². The largest absolute Gasteiger partial charge is 0.492 e. The van der Waals surface area contributed by atoms with Crippen molar-refractivity contribution in [3.8, 4) is 5.75 Å². The molecule has 2 rings (SSSR count). The summed E-state index contributed by atoms with van der Waals surface area (Å²) in [5, 5.41) is 3.63. The average Bonchev–Trinajstić information content (AvgIpc) is 2.97. The quantitative estimate of drug-likeness (QED) is 0.830. The molecule has 21 heavy (non-hydrogen) atoms. The van der Waals surface area contributed by atoms with Crippen LogP contribution in [0.5, 0.6) is 5.75 Å². The van der Waals surface area contributed by atoms with Crippen LogP contribution >= 0.6 is 0 Å². The topological polar surface area (TPSA) is 21.3 Å². The van der Waals surface area contributed by atoms with Crippen LogP contribution in [0.2, 0.25) is 0 Å². The molecule has 0 aromatic heterocycles. The van der Waals surface area contributed by atoms with Gasteiger partial charge < -0.3 is 10.1 Å². The summed E-state index contributed by atoms with van der Waals surface area (Å²) in [5.74, 6) is 1.83. The Kier molecular flexibility index (Phi) is 5.69. The van der Waals surface area contributed by atoms with E-state index in [2.05, 4.69) is 57.3 Å². The smallest absolute Gasteiger partial charge is 0.123 e. The van der Waals surface area contributed by atoms with Crippen molar-refractivity contribution in [1.29, 1.82) is 0 Å². The van der Waals surface area contributed by atoms with Gasteiger partial charge in [-0.15, -0.1) is 0 Å². The third kappa shape index (κ3) is 4.47. The highest BCUT2D eigenvalue weighted by molar-refractivity contribution is 5.38. The molecule has 1 saturated carbocycles. The van der Waals surface area contributed by atoms with Crippen LogP contribution in [0.4, 0.5) is 0 Å². The first-order valence-electron chi connectivity index (χ1n) is 8.48. The maximum absolute atomic E-state index is 6.23. The molecule has 1 aliphatic carbocycles. The molecule has 1 aromatic rings. The lowest BCUT2D eigenvalue weighted by Crippen LogP contribution is -2.40. The average molecular weight is 289 g/mol. The van der Waals surface area contributed by atoms with Gasteiger partial charge in [0.1, 0.15) is 12.4 Å². The summed E-state index contributed by atoms with van der Waals surface area (Å²) in [7, 11) is 0. The van der Waals surface area contributed by atoms with Crippen molar-refractivity contribution < 1.29 is 4.74 Å². The van der Waals surface area contributed by atoms with Gasteiger partial charge in [-0.05, 0) is 42.3 Å². The Morgan fingerprint density at radius 3 is 2.48 bits per heavy atom. The lowest BCUT2D eigenvalue weighted by molar-refractivity contribution is 0.216. The fourth-order valence-corrected chi connectivity index (χ4v) is 3.38. The first-order chi connectivity index (χ1) is 10.0. The van der Waals surface area contributed by atoms with E-state index < -0.39 is 0 Å². The maximum atomic E-state index is 6.23. The van der Waals surface area contributed by atoms with E-state index in [0.29, 0.717) is 6.04 Å². The first kappa shape index (κ1) is 16.4. The van der Waals surface area contributed by atoms with Crippen LogP contribution in [-0.2, 0) is 5.41 Å². The Hall–Kier alpha value is -1.02. The molecule has 0 aliphatic heterocycles. The highest BCUT2D eigenvalue weighted by Crippen LogP contribution is 2.32. The minimum atomic E-state index is 0.123. The maximum Gasteiger partial charge on any atom is 0.123 e. The predicted molar refractivity (Wildman–Crippen MR) is 90.1 cm³/mol. The molecule has 0 amide bonds. The molecule has 1 aliphatic rings. The van der Waals surface area contributed by atoms with Gasteiger partial charge in [0.15, 0.2) is 0 Å². The van der Waals surface area contributed by atoms with Gasteiger partial charge in [0, 0.05) is 6.04 Å². The molecular weight excluding hydrogens is 258 g/mol. The Labute approximate surface area is 130 Å². The molecule has 1 aromatic carbocycles. The van der Waals surface area contributed by atoms with Gasteiger partial charge in [-0.25, -0.2) is 0 Å². The van der Waals surface area contributed by atoms with E-state index in [-0.39, 0.29) is 5.41 Å². The van der Waals surface area contributed by atoms with E-state index in [9.17, 15) is 0 Å². The highest BCUT2D eigenvalue weighted by atomic mass is 16.5. The van der Waals surface area contributed by atoms with Crippen molar-refractivity contribution in [3.05, 3.63) is 29.8 Å². The third-order valence-corrected chi connectivity index (χ3v) is 4.55. The molecule has 0 bridgehead atoms. The minimum Gasteiger partial charge on any atom is -0.492 e. The van der Waals surface area contributed by atoms with Gasteiger partial charge >= 0.3 is 0 Å². The molecule has 1 N–H and O–H groups in total. The van der Waals surface area contributed by atoms with Crippen LogP contribution in [-0.4, -0.2) is 19.2 Å². The zero-order valence-corrected chi connectivity index (χ0v) is 14.1. The van der Waals surface area contributed by atoms with Crippen LogP contribution in [0.1, 0.15) is 58.9 Å². The van der Waals surface area contributed by atoms with Gasteiger partial charge in [0.25, 0.3) is 0 Å². The molecule has 0 radical (unpaired) electrons. The van der Waals surface area contributed by atoms with Crippen molar-refractivity contribution in [2.45, 2.75) is 64.8 Å². The zero-order valence-electron chi connectivity index (χ0n) is 14.1. The van der Waals surface area contributed by atoms with Crippen molar-refractivity contribution in [2.24, 2.45) is 5.92 Å². The zero-order chi connectivity index (χ0) is 15.3. The number of rotatable bonds is 6. The SMILES string of the molecule is CCNC(COc1ccccc1C(C)(C)C)C1CCCC1. The number of nitrogens with one attached hydrogen (secondary N) is 1. The van der Waals surface area contributed by atoms with Crippen molar-refractivity contribution >= 4 is 0 Å². The molecule has 2 nitrogen and oxygen atoms in total. The molecule has 0 spiro atoms. The van der Waals surface area contributed by atoms with Crippen LogP contribution in [0, 0.1) is 5.92 Å². The summed E-state index contributed by atoms with van der Waals surface area (Å²) in [6.45, 7) is 10.7. The van der Waals surface area contributed by atoms with E-state index in [4.69, 9.17) is 4.74 Å². The van der Waals surface area contributed by atoms with Crippen LogP contribution in [0.15, 0.2) is 24.3 Å². The van der Waals surface area contributed by atoms with Gasteiger partial charge in [-0.1, -0.05) is 58.7 Å². The van der Waals surface area contributed by atoms with Crippen molar-refractivity contribution in [3.63, 3.8) is 0 Å². The predicted octanol–water partition coefficient (Wildman–Crippen LogP) is 4.53. The highest BCUT2D eigenvalue weighted by Gasteiger charge is 2.25. The lowest BCUT2D eigenvalue weighted by Gasteiger charge is -2.27. The first-order valence-corrected chi connectivity index (χ1v) is 8.48. The van der Waals surface area contributed by atoms with Crippen molar-refractivity contribution in [2.75, 3.05) is 13.2 Å². The van der Waals surface area contributed by atoms with Gasteiger partial charge in [0.05, 0.1) is 0 Å². The Balaban J connectivity index is 2.03. The second-order valence-corrected chi connectivity index (χ2v) is 7.27. The Bertz CT molecular complexity index is 429. The summed E-state index contributed by atoms with van der Waals surface area (Å²) in [4.78, 5) is 0. The number of ether oxygens (including phenoxy) is 1. The molecule has 0 heterocycles. The van der Waals surface area contributed by atoms with Gasteiger partial charge in [0.2, 0.25) is 0 Å². The number of para-hydroxylation sites is 1. The molecule has 0 saturated heterocycles. The molecule has 2 heteroatoms. The van der Waals surface area contributed by atoms with E-state index in [0.717, 1.165) is 24.8 Å². The number of likely N-dealkylation sites (N-methyl/N-ethyl adjacent to an activating group) is 1. The Morgan fingerprint density at radius 2 is 1.86 bits per heavy atom. The van der Waals surface area contributed by atoms with E-state index >= 15 is 0 Å². The summed E-state index contributed by atoms with van der Waals surface area (Å²) in [6.07, 6.45) is 5.46. The molecule has 1 atom stereocenters. The number of hydrogen-bond donors (Lipinski definition) is 1. The van der Waals surface area contributed by atoms with Crippen LogP contribution in [0.3, 0.4) is 0 Å². The van der Waals surface area contributed by atoms with E-state index in [1.807, 2.05) is 0 Å². The van der Waals surface area contributed by atoms with Crippen molar-refractivity contribution in [1.82, 2.24) is 5.32 Å². The molecule has 1 unspecified atom stereocenters. The monoisotopic (exact) mass is 289 g/mol. The summed E-state index contributed by atoms with van der Waals surface area (Å²) in [5.41, 5.74) is 1.42. The summed E-state index contributed by atoms with van der Waals surface area (Å²) >= 11 is 0. The lowest BCUT2D eigenvalue weighted by atomic mass is 9.86. The number of benzene rings is 1. The third-order valence-electron chi connectivity index (χ3n) is 4.55. The van der Waals surface area contributed by atoms with Crippen LogP contribution in [0.25, 0.3) is 0 Å². The molecular formula is C19H31NO. The van der Waals surface area contributed by atoms with Gasteiger partial charge in [-0.3, -0.25) is 0 Å². The second kappa shape index (κ2) is 7.31. The van der Waals surface area contributed by atoms with Gasteiger partial charge in [-0.2, -0.15) is 0 Å². The fraction of sp³-hybridized carbons (Fsp3) is 0.684. The normalized spacial score (nSPS) is 17.9. The summed E-state index contributed by atoms with van der Waals surface area (Å²) < 4.78 is 6.23. The second-order valence-electron chi connectivity index (χ2n) is 7.27. The van der Waals surface area contributed by atoms with E-state index in [1.54, 1.807) is 0 Å². The fourth-order valence-electron chi connectivity index (χ4n) is 3.38. The summed E-state index contributed by atoms with van der Waals surface area (Å²) in [6, 6.07) is 8.96. The minimum absolute atomic E-state index is 0.123. The number of hydrogen-bond acceptors (Lipinski definition) is 2. The van der Waals surface area contributed by atoms with Crippen LogP contribution < -0.4 is 10.1 Å².